The second kappa shape index (κ2) is 7.55. The van der Waals surface area contributed by atoms with E-state index in [0.717, 1.165) is 12.8 Å². The Morgan fingerprint density at radius 3 is 2.21 bits per heavy atom. The van der Waals surface area contributed by atoms with Crippen molar-refractivity contribution < 1.29 is 4.74 Å². The van der Waals surface area contributed by atoms with Gasteiger partial charge in [0.15, 0.2) is 0 Å². The van der Waals surface area contributed by atoms with Crippen molar-refractivity contribution in [3.63, 3.8) is 0 Å². The molecule has 1 heteroatoms. The molecule has 0 aliphatic rings. The number of hydrogen-bond donors (Lipinski definition) is 0. The van der Waals surface area contributed by atoms with Crippen LogP contribution in [0.15, 0.2) is 66.7 Å². The van der Waals surface area contributed by atoms with Gasteiger partial charge in [0.1, 0.15) is 0 Å². The summed E-state index contributed by atoms with van der Waals surface area (Å²) in [5.41, 5.74) is 2.57. The summed E-state index contributed by atoms with van der Waals surface area (Å²) in [6, 6.07) is 20.8. The Kier molecular flexibility index (Phi) is 5.39. The Labute approximate surface area is 115 Å². The van der Waals surface area contributed by atoms with E-state index < -0.39 is 0 Å². The minimum Gasteiger partial charge on any atom is -0.377 e. The fourth-order valence-corrected chi connectivity index (χ4v) is 2.03. The predicted octanol–water partition coefficient (Wildman–Crippen LogP) is 4.35. The molecule has 0 saturated carbocycles. The molecule has 1 atom stereocenters. The quantitative estimate of drug-likeness (QED) is 0.742. The molecule has 0 amide bonds. The number of aryl methyl sites for hydroxylation is 1. The van der Waals surface area contributed by atoms with Crippen molar-refractivity contribution in [1.82, 2.24) is 0 Å². The van der Waals surface area contributed by atoms with Crippen LogP contribution in [0.4, 0.5) is 0 Å². The molecule has 0 N–H and O–H groups in total. The van der Waals surface area contributed by atoms with Crippen LogP contribution in [0.1, 0.15) is 17.5 Å². The SMILES string of the molecule is COC(/C=C/c1ccccc1)CCc1ccccc1. The number of benzene rings is 2. The third-order valence-corrected chi connectivity index (χ3v) is 3.17. The molecule has 98 valence electrons. The third kappa shape index (κ3) is 4.72. The van der Waals surface area contributed by atoms with Gasteiger partial charge in [-0.15, -0.1) is 0 Å². The van der Waals surface area contributed by atoms with Crippen LogP contribution in [0.3, 0.4) is 0 Å². The van der Waals surface area contributed by atoms with E-state index in [2.05, 4.69) is 48.6 Å². The maximum absolute atomic E-state index is 5.51. The van der Waals surface area contributed by atoms with Crippen LogP contribution in [-0.2, 0) is 11.2 Å². The minimum atomic E-state index is 0.167. The molecule has 2 rings (SSSR count). The first-order chi connectivity index (χ1) is 9.38. The highest BCUT2D eigenvalue weighted by Gasteiger charge is 2.03. The van der Waals surface area contributed by atoms with Crippen LogP contribution < -0.4 is 0 Å². The molecule has 1 nitrogen and oxygen atoms in total. The van der Waals surface area contributed by atoms with E-state index in [9.17, 15) is 0 Å². The summed E-state index contributed by atoms with van der Waals surface area (Å²) >= 11 is 0. The Hall–Kier alpha value is -1.86. The highest BCUT2D eigenvalue weighted by atomic mass is 16.5. The van der Waals surface area contributed by atoms with Crippen molar-refractivity contribution in [2.75, 3.05) is 7.11 Å². The maximum Gasteiger partial charge on any atom is 0.0758 e. The molecular weight excluding hydrogens is 232 g/mol. The molecule has 0 radical (unpaired) electrons. The lowest BCUT2D eigenvalue weighted by Gasteiger charge is -2.10. The molecule has 0 aliphatic heterocycles. The van der Waals surface area contributed by atoms with Crippen molar-refractivity contribution in [3.8, 4) is 0 Å². The van der Waals surface area contributed by atoms with E-state index in [4.69, 9.17) is 4.74 Å². The molecule has 1 unspecified atom stereocenters. The fraction of sp³-hybridized carbons (Fsp3) is 0.222. The van der Waals surface area contributed by atoms with E-state index in [0.29, 0.717) is 0 Å². The van der Waals surface area contributed by atoms with Gasteiger partial charge in [-0.1, -0.05) is 72.8 Å². The van der Waals surface area contributed by atoms with Crippen molar-refractivity contribution in [1.29, 1.82) is 0 Å². The third-order valence-electron chi connectivity index (χ3n) is 3.17. The first-order valence-corrected chi connectivity index (χ1v) is 6.68. The van der Waals surface area contributed by atoms with Gasteiger partial charge in [0, 0.05) is 7.11 Å². The number of ether oxygens (including phenoxy) is 1. The zero-order chi connectivity index (χ0) is 13.3. The normalized spacial score (nSPS) is 12.7. The summed E-state index contributed by atoms with van der Waals surface area (Å²) < 4.78 is 5.51. The second-order valence-corrected chi connectivity index (χ2v) is 4.57. The van der Waals surface area contributed by atoms with Crippen LogP contribution >= 0.6 is 0 Å². The lowest BCUT2D eigenvalue weighted by atomic mass is 10.1. The lowest BCUT2D eigenvalue weighted by molar-refractivity contribution is 0.134. The Balaban J connectivity index is 1.88. The van der Waals surface area contributed by atoms with Gasteiger partial charge in [-0.05, 0) is 24.0 Å². The van der Waals surface area contributed by atoms with E-state index in [1.807, 2.05) is 24.3 Å². The zero-order valence-corrected chi connectivity index (χ0v) is 11.3. The van der Waals surface area contributed by atoms with Gasteiger partial charge >= 0.3 is 0 Å². The molecule has 0 spiro atoms. The molecule has 0 saturated heterocycles. The lowest BCUT2D eigenvalue weighted by Crippen LogP contribution is -2.08. The van der Waals surface area contributed by atoms with E-state index in [1.165, 1.54) is 11.1 Å². The summed E-state index contributed by atoms with van der Waals surface area (Å²) in [7, 11) is 1.77. The first-order valence-electron chi connectivity index (χ1n) is 6.68. The van der Waals surface area contributed by atoms with E-state index in [-0.39, 0.29) is 6.10 Å². The molecule has 0 bridgehead atoms. The Morgan fingerprint density at radius 2 is 1.58 bits per heavy atom. The maximum atomic E-state index is 5.51. The van der Waals surface area contributed by atoms with E-state index >= 15 is 0 Å². The monoisotopic (exact) mass is 252 g/mol. The van der Waals surface area contributed by atoms with Gasteiger partial charge in [0.25, 0.3) is 0 Å². The predicted molar refractivity (Wildman–Crippen MR) is 81.0 cm³/mol. The molecule has 0 fully saturated rings. The van der Waals surface area contributed by atoms with Gasteiger partial charge in [-0.25, -0.2) is 0 Å². The summed E-state index contributed by atoms with van der Waals surface area (Å²) in [5, 5.41) is 0. The second-order valence-electron chi connectivity index (χ2n) is 4.57. The van der Waals surface area contributed by atoms with Gasteiger partial charge in [0.05, 0.1) is 6.10 Å². The summed E-state index contributed by atoms with van der Waals surface area (Å²) in [5.74, 6) is 0. The molecule has 0 aromatic heterocycles. The molecule has 2 aromatic carbocycles. The molecule has 0 heterocycles. The van der Waals surface area contributed by atoms with Gasteiger partial charge in [0.2, 0.25) is 0 Å². The number of methoxy groups -OCH3 is 1. The molecular formula is C18H20O. The molecule has 2 aromatic rings. The minimum absolute atomic E-state index is 0.167. The zero-order valence-electron chi connectivity index (χ0n) is 11.3. The van der Waals surface area contributed by atoms with Crippen molar-refractivity contribution in [3.05, 3.63) is 77.9 Å². The van der Waals surface area contributed by atoms with Crippen LogP contribution in [0, 0.1) is 0 Å². The largest absolute Gasteiger partial charge is 0.377 e. The van der Waals surface area contributed by atoms with Crippen LogP contribution in [0.2, 0.25) is 0 Å². The van der Waals surface area contributed by atoms with E-state index in [1.54, 1.807) is 7.11 Å². The Morgan fingerprint density at radius 1 is 0.947 bits per heavy atom. The summed E-state index contributed by atoms with van der Waals surface area (Å²) in [6.45, 7) is 0. The highest BCUT2D eigenvalue weighted by Crippen LogP contribution is 2.10. The van der Waals surface area contributed by atoms with Crippen molar-refractivity contribution >= 4 is 6.08 Å². The van der Waals surface area contributed by atoms with Gasteiger partial charge in [-0.2, -0.15) is 0 Å². The molecule has 0 aliphatic carbocycles. The smallest absolute Gasteiger partial charge is 0.0758 e. The standard InChI is InChI=1S/C18H20O/c1-19-18(14-12-16-8-4-2-5-9-16)15-13-17-10-6-3-7-11-17/h2-12,14,18H,13,15H2,1H3/b14-12+. The van der Waals surface area contributed by atoms with Crippen LogP contribution in [0.25, 0.3) is 6.08 Å². The molecule has 19 heavy (non-hydrogen) atoms. The highest BCUT2D eigenvalue weighted by molar-refractivity contribution is 5.49. The Bertz CT molecular complexity index is 488. The van der Waals surface area contributed by atoms with Gasteiger partial charge < -0.3 is 4.74 Å². The van der Waals surface area contributed by atoms with Crippen molar-refractivity contribution in [2.45, 2.75) is 18.9 Å². The average Bonchev–Trinajstić information content (AvgIpc) is 2.49. The summed E-state index contributed by atoms with van der Waals surface area (Å²) in [6.07, 6.45) is 6.47. The van der Waals surface area contributed by atoms with Crippen molar-refractivity contribution in [2.24, 2.45) is 0 Å². The van der Waals surface area contributed by atoms with Crippen LogP contribution in [0.5, 0.6) is 0 Å². The summed E-state index contributed by atoms with van der Waals surface area (Å²) in [4.78, 5) is 0. The number of hydrogen-bond acceptors (Lipinski definition) is 1. The fourth-order valence-electron chi connectivity index (χ4n) is 2.03. The number of rotatable bonds is 6. The van der Waals surface area contributed by atoms with Crippen LogP contribution in [-0.4, -0.2) is 13.2 Å². The average molecular weight is 252 g/mol. The topological polar surface area (TPSA) is 9.23 Å². The first kappa shape index (κ1) is 13.6. The van der Waals surface area contributed by atoms with Gasteiger partial charge in [-0.3, -0.25) is 0 Å².